The molecule has 3 rings (SSSR count). The van der Waals surface area contributed by atoms with Crippen LogP contribution in [0, 0.1) is 11.8 Å². The number of fused-ring (bicyclic) bond motifs is 1. The molecule has 26 heavy (non-hydrogen) atoms. The molecule has 2 N–H and O–H groups in total. The smallest absolute Gasteiger partial charge is 0.248 e. The summed E-state index contributed by atoms with van der Waals surface area (Å²) in [6.07, 6.45) is 2.29. The van der Waals surface area contributed by atoms with E-state index in [-0.39, 0.29) is 24.8 Å². The van der Waals surface area contributed by atoms with Crippen LogP contribution in [0.2, 0.25) is 0 Å². The molecule has 4 nitrogen and oxygen atoms in total. The third-order valence-electron chi connectivity index (χ3n) is 5.58. The Labute approximate surface area is 153 Å². The Morgan fingerprint density at radius 2 is 2.19 bits per heavy atom. The second-order valence-corrected chi connectivity index (χ2v) is 7.56. The first-order chi connectivity index (χ1) is 12.5. The maximum atomic E-state index is 13.5. The van der Waals surface area contributed by atoms with Gasteiger partial charge in [0.05, 0.1) is 12.6 Å². The van der Waals surface area contributed by atoms with Gasteiger partial charge in [0.2, 0.25) is 11.8 Å². The van der Waals surface area contributed by atoms with Crippen molar-refractivity contribution in [2.45, 2.75) is 50.5 Å². The average molecular weight is 366 g/mol. The van der Waals surface area contributed by atoms with Gasteiger partial charge in [0.15, 0.2) is 0 Å². The number of carbonyl (C=O) groups excluding carboxylic acids is 1. The average Bonchev–Trinajstić information content (AvgIpc) is 2.61. The Bertz CT molecular complexity index is 624. The number of halogens is 2. The number of rotatable bonds is 6. The Balaban J connectivity index is 1.52. The summed E-state index contributed by atoms with van der Waals surface area (Å²) in [6, 6.07) is 8.40. The van der Waals surface area contributed by atoms with Crippen LogP contribution in [-0.2, 0) is 16.0 Å². The van der Waals surface area contributed by atoms with Crippen molar-refractivity contribution in [3.63, 3.8) is 0 Å². The van der Waals surface area contributed by atoms with Crippen LogP contribution < -0.4 is 10.6 Å². The molecule has 1 fully saturated rings. The highest BCUT2D eigenvalue weighted by Gasteiger charge is 2.39. The Kier molecular flexibility index (Phi) is 6.12. The Morgan fingerprint density at radius 1 is 1.38 bits per heavy atom. The molecule has 0 unspecified atom stereocenters. The summed E-state index contributed by atoms with van der Waals surface area (Å²) >= 11 is 0. The number of amides is 1. The molecular weight excluding hydrogens is 338 g/mol. The third-order valence-corrected chi connectivity index (χ3v) is 5.58. The van der Waals surface area contributed by atoms with Gasteiger partial charge >= 0.3 is 0 Å². The molecule has 1 amide bonds. The van der Waals surface area contributed by atoms with Crippen LogP contribution in [0.1, 0.15) is 37.7 Å². The van der Waals surface area contributed by atoms with Crippen LogP contribution in [-0.4, -0.2) is 38.1 Å². The summed E-state index contributed by atoms with van der Waals surface area (Å²) in [7, 11) is 1.68. The standard InChI is InChI=1S/C20H28F2N2O2/c1-26-13-18-15(11-14-5-2-3-7-17(14)24-18)8-10-23-19(25)16-6-4-9-20(21,22)12-16/h2-3,5,7,15-16,18,24H,4,6,8-13H2,1H3,(H,23,25)/t15-,16+,18-/m0/s1. The van der Waals surface area contributed by atoms with Gasteiger partial charge in [-0.3, -0.25) is 4.79 Å². The number of nitrogens with one attached hydrogen (secondary N) is 2. The molecule has 1 aliphatic carbocycles. The van der Waals surface area contributed by atoms with Gasteiger partial charge in [0.25, 0.3) is 0 Å². The van der Waals surface area contributed by atoms with Crippen molar-refractivity contribution in [2.75, 3.05) is 25.6 Å². The van der Waals surface area contributed by atoms with E-state index < -0.39 is 11.8 Å². The molecule has 0 aromatic heterocycles. The second kappa shape index (κ2) is 8.33. The van der Waals surface area contributed by atoms with Crippen molar-refractivity contribution >= 4 is 11.6 Å². The van der Waals surface area contributed by atoms with Crippen LogP contribution in [0.25, 0.3) is 0 Å². The van der Waals surface area contributed by atoms with E-state index in [1.807, 2.05) is 12.1 Å². The number of alkyl halides is 2. The van der Waals surface area contributed by atoms with E-state index in [1.165, 1.54) is 5.56 Å². The number of hydrogen-bond donors (Lipinski definition) is 2. The summed E-state index contributed by atoms with van der Waals surface area (Å²) in [5.41, 5.74) is 2.40. The van der Waals surface area contributed by atoms with Gasteiger partial charge in [-0.15, -0.1) is 0 Å². The topological polar surface area (TPSA) is 50.4 Å². The highest BCUT2D eigenvalue weighted by Crippen LogP contribution is 2.36. The molecule has 0 saturated heterocycles. The number of benzene rings is 1. The van der Waals surface area contributed by atoms with E-state index in [9.17, 15) is 13.6 Å². The molecule has 1 aliphatic heterocycles. The highest BCUT2D eigenvalue weighted by atomic mass is 19.3. The molecule has 0 radical (unpaired) electrons. The van der Waals surface area contributed by atoms with Crippen LogP contribution >= 0.6 is 0 Å². The Morgan fingerprint density at radius 3 is 2.96 bits per heavy atom. The number of ether oxygens (including phenoxy) is 1. The summed E-state index contributed by atoms with van der Waals surface area (Å²) in [5.74, 6) is -3.14. The zero-order valence-corrected chi connectivity index (χ0v) is 15.3. The van der Waals surface area contributed by atoms with E-state index >= 15 is 0 Å². The van der Waals surface area contributed by atoms with Crippen molar-refractivity contribution in [3.05, 3.63) is 29.8 Å². The number of carbonyl (C=O) groups is 1. The zero-order chi connectivity index (χ0) is 18.6. The SMILES string of the molecule is COC[C@@H]1Nc2ccccc2C[C@@H]1CCNC(=O)[C@@H]1CCCC(F)(F)C1. The summed E-state index contributed by atoms with van der Waals surface area (Å²) in [4.78, 5) is 12.2. The first-order valence-electron chi connectivity index (χ1n) is 9.47. The van der Waals surface area contributed by atoms with Gasteiger partial charge in [-0.1, -0.05) is 18.2 Å². The van der Waals surface area contributed by atoms with Crippen LogP contribution in [0.5, 0.6) is 0 Å². The van der Waals surface area contributed by atoms with Crippen LogP contribution in [0.15, 0.2) is 24.3 Å². The van der Waals surface area contributed by atoms with Gasteiger partial charge in [0, 0.05) is 38.1 Å². The molecule has 1 aromatic rings. The lowest BCUT2D eigenvalue weighted by Crippen LogP contribution is -2.42. The number of anilines is 1. The third kappa shape index (κ3) is 4.72. The minimum atomic E-state index is -2.69. The molecule has 3 atom stereocenters. The maximum Gasteiger partial charge on any atom is 0.248 e. The second-order valence-electron chi connectivity index (χ2n) is 7.56. The van der Waals surface area contributed by atoms with E-state index in [0.29, 0.717) is 31.9 Å². The minimum Gasteiger partial charge on any atom is -0.383 e. The fourth-order valence-corrected chi connectivity index (χ4v) is 4.16. The summed E-state index contributed by atoms with van der Waals surface area (Å²) in [6.45, 7) is 1.11. The Hall–Kier alpha value is -1.69. The van der Waals surface area contributed by atoms with Crippen molar-refractivity contribution in [2.24, 2.45) is 11.8 Å². The predicted molar refractivity (Wildman–Crippen MR) is 97.5 cm³/mol. The maximum absolute atomic E-state index is 13.5. The van der Waals surface area contributed by atoms with Gasteiger partial charge in [-0.05, 0) is 43.2 Å². The van der Waals surface area contributed by atoms with E-state index in [2.05, 4.69) is 22.8 Å². The van der Waals surface area contributed by atoms with Gasteiger partial charge < -0.3 is 15.4 Å². The van der Waals surface area contributed by atoms with Crippen molar-refractivity contribution in [1.82, 2.24) is 5.32 Å². The quantitative estimate of drug-likeness (QED) is 0.809. The first-order valence-corrected chi connectivity index (χ1v) is 9.47. The molecule has 1 saturated carbocycles. The summed E-state index contributed by atoms with van der Waals surface area (Å²) < 4.78 is 32.3. The molecular formula is C20H28F2N2O2. The molecule has 1 heterocycles. The molecule has 6 heteroatoms. The fourth-order valence-electron chi connectivity index (χ4n) is 4.16. The van der Waals surface area contributed by atoms with Crippen molar-refractivity contribution in [3.8, 4) is 0 Å². The molecule has 0 bridgehead atoms. The van der Waals surface area contributed by atoms with Crippen molar-refractivity contribution < 1.29 is 18.3 Å². The lowest BCUT2D eigenvalue weighted by atomic mass is 9.84. The largest absolute Gasteiger partial charge is 0.383 e. The molecule has 0 spiro atoms. The molecule has 1 aromatic carbocycles. The van der Waals surface area contributed by atoms with Crippen LogP contribution in [0.3, 0.4) is 0 Å². The number of para-hydroxylation sites is 1. The van der Waals surface area contributed by atoms with Gasteiger partial charge in [-0.25, -0.2) is 8.78 Å². The first kappa shape index (κ1) is 19.1. The zero-order valence-electron chi connectivity index (χ0n) is 15.3. The van der Waals surface area contributed by atoms with Gasteiger partial charge in [-0.2, -0.15) is 0 Å². The van der Waals surface area contributed by atoms with E-state index in [4.69, 9.17) is 4.74 Å². The molecule has 144 valence electrons. The fraction of sp³-hybridized carbons (Fsp3) is 0.650. The van der Waals surface area contributed by atoms with E-state index in [0.717, 1.165) is 18.5 Å². The number of methoxy groups -OCH3 is 1. The van der Waals surface area contributed by atoms with Crippen LogP contribution in [0.4, 0.5) is 14.5 Å². The van der Waals surface area contributed by atoms with Gasteiger partial charge in [0.1, 0.15) is 0 Å². The van der Waals surface area contributed by atoms with E-state index in [1.54, 1.807) is 7.11 Å². The lowest BCUT2D eigenvalue weighted by molar-refractivity contribution is -0.132. The summed E-state index contributed by atoms with van der Waals surface area (Å²) in [5, 5.41) is 6.41. The highest BCUT2D eigenvalue weighted by molar-refractivity contribution is 5.78. The monoisotopic (exact) mass is 366 g/mol. The normalized spacial score (nSPS) is 27.3. The minimum absolute atomic E-state index is 0.0946. The van der Waals surface area contributed by atoms with Crippen molar-refractivity contribution in [1.29, 1.82) is 0 Å². The predicted octanol–water partition coefficient (Wildman–Crippen LogP) is 3.62. The number of hydrogen-bond acceptors (Lipinski definition) is 3. The molecule has 2 aliphatic rings. The lowest BCUT2D eigenvalue weighted by Gasteiger charge is -2.34.